The van der Waals surface area contributed by atoms with E-state index in [1.165, 1.54) is 9.87 Å². The van der Waals surface area contributed by atoms with Gasteiger partial charge in [0.05, 0.1) is 10.6 Å². The summed E-state index contributed by atoms with van der Waals surface area (Å²) in [4.78, 5) is 0.341. The first kappa shape index (κ1) is 14.1. The number of rotatable bonds is 3. The molecule has 0 aromatic heterocycles. The van der Waals surface area contributed by atoms with Crippen LogP contribution in [0, 0.1) is 6.92 Å². The van der Waals surface area contributed by atoms with E-state index in [1.807, 2.05) is 37.3 Å². The highest BCUT2D eigenvalue weighted by Crippen LogP contribution is 2.25. The predicted molar refractivity (Wildman–Crippen MR) is 83.8 cm³/mol. The number of sulfonamides is 1. The fraction of sp³-hybridized carbons (Fsp3) is 0.250. The lowest BCUT2D eigenvalue weighted by atomic mass is 10.1. The maximum absolute atomic E-state index is 12.7. The molecule has 21 heavy (non-hydrogen) atoms. The monoisotopic (exact) mass is 302 g/mol. The number of aryl methyl sites for hydroxylation is 1. The molecule has 1 heterocycles. The van der Waals surface area contributed by atoms with E-state index in [9.17, 15) is 8.42 Å². The van der Waals surface area contributed by atoms with Crippen LogP contribution in [0.3, 0.4) is 0 Å². The van der Waals surface area contributed by atoms with Gasteiger partial charge in [0.2, 0.25) is 0 Å². The van der Waals surface area contributed by atoms with E-state index < -0.39 is 10.0 Å². The minimum absolute atomic E-state index is 0.341. The average molecular weight is 302 g/mol. The Labute approximate surface area is 125 Å². The van der Waals surface area contributed by atoms with Crippen LogP contribution in [-0.4, -0.2) is 15.5 Å². The zero-order valence-electron chi connectivity index (χ0n) is 12.1. The Morgan fingerprint density at radius 3 is 2.38 bits per heavy atom. The fourth-order valence-corrected chi connectivity index (χ4v) is 3.73. The number of nitrogens with zero attached hydrogens (tertiary/aromatic N) is 1. The number of fused-ring (bicyclic) bond motifs is 1. The molecule has 5 heteroatoms. The first-order valence-electron chi connectivity index (χ1n) is 6.86. The second kappa shape index (κ2) is 5.16. The van der Waals surface area contributed by atoms with Crippen LogP contribution in [0.25, 0.3) is 0 Å². The molecule has 1 N–H and O–H groups in total. The van der Waals surface area contributed by atoms with Gasteiger partial charge < -0.3 is 5.32 Å². The summed E-state index contributed by atoms with van der Waals surface area (Å²) in [5.41, 5.74) is 4.01. The van der Waals surface area contributed by atoms with Crippen molar-refractivity contribution in [1.29, 1.82) is 0 Å². The van der Waals surface area contributed by atoms with Crippen LogP contribution in [0.5, 0.6) is 0 Å². The number of hydrogen-bond acceptors (Lipinski definition) is 3. The van der Waals surface area contributed by atoms with E-state index in [4.69, 9.17) is 0 Å². The largest absolute Gasteiger partial charge is 0.309 e. The first-order chi connectivity index (χ1) is 9.98. The number of hydrogen-bond donors (Lipinski definition) is 1. The summed E-state index contributed by atoms with van der Waals surface area (Å²) in [5, 5.41) is 3.23. The van der Waals surface area contributed by atoms with Gasteiger partial charge in [-0.2, -0.15) is 0 Å². The molecule has 0 bridgehead atoms. The molecular formula is C16H18N2O2S. The van der Waals surface area contributed by atoms with Gasteiger partial charge in [-0.25, -0.2) is 8.42 Å². The molecule has 2 aromatic rings. The minimum Gasteiger partial charge on any atom is -0.309 e. The van der Waals surface area contributed by atoms with E-state index >= 15 is 0 Å². The van der Waals surface area contributed by atoms with Crippen molar-refractivity contribution in [2.24, 2.45) is 0 Å². The van der Waals surface area contributed by atoms with Gasteiger partial charge in [-0.05, 0) is 42.3 Å². The van der Waals surface area contributed by atoms with Crippen molar-refractivity contribution in [2.75, 3.05) is 11.4 Å². The lowest BCUT2D eigenvalue weighted by Gasteiger charge is -2.20. The summed E-state index contributed by atoms with van der Waals surface area (Å²) in [5.74, 6) is 0. The third-order valence-electron chi connectivity index (χ3n) is 3.86. The van der Waals surface area contributed by atoms with E-state index in [1.54, 1.807) is 19.2 Å². The Morgan fingerprint density at radius 1 is 1.00 bits per heavy atom. The highest BCUT2D eigenvalue weighted by atomic mass is 32.2. The Hall–Kier alpha value is -1.85. The van der Waals surface area contributed by atoms with Crippen LogP contribution in [-0.2, 0) is 23.1 Å². The highest BCUT2D eigenvalue weighted by molar-refractivity contribution is 7.92. The Balaban J connectivity index is 1.98. The standard InChI is InChI=1S/C16H18N2O2S/c1-12-3-6-15(7-4-12)18(2)21(19,20)16-8-5-13-10-17-11-14(13)9-16/h3-9,17H,10-11H2,1-2H3. The van der Waals surface area contributed by atoms with Gasteiger partial charge >= 0.3 is 0 Å². The Morgan fingerprint density at radius 2 is 1.67 bits per heavy atom. The maximum Gasteiger partial charge on any atom is 0.264 e. The van der Waals surface area contributed by atoms with E-state index in [0.717, 1.165) is 24.2 Å². The van der Waals surface area contributed by atoms with Gasteiger partial charge in [0.15, 0.2) is 0 Å². The molecule has 0 fully saturated rings. The smallest absolute Gasteiger partial charge is 0.264 e. The maximum atomic E-state index is 12.7. The summed E-state index contributed by atoms with van der Waals surface area (Å²) < 4.78 is 26.8. The molecule has 0 spiro atoms. The molecule has 0 amide bonds. The summed E-state index contributed by atoms with van der Waals surface area (Å²) in [7, 11) is -1.93. The van der Waals surface area contributed by atoms with Crippen molar-refractivity contribution in [3.05, 3.63) is 59.2 Å². The molecular weight excluding hydrogens is 284 g/mol. The highest BCUT2D eigenvalue weighted by Gasteiger charge is 2.23. The molecule has 0 atom stereocenters. The molecule has 0 radical (unpaired) electrons. The molecule has 0 aliphatic carbocycles. The molecule has 1 aliphatic rings. The molecule has 2 aromatic carbocycles. The van der Waals surface area contributed by atoms with Gasteiger partial charge in [-0.3, -0.25) is 4.31 Å². The predicted octanol–water partition coefficient (Wildman–Crippen LogP) is 2.42. The van der Waals surface area contributed by atoms with Crippen molar-refractivity contribution in [2.45, 2.75) is 24.9 Å². The Kier molecular flexibility index (Phi) is 3.47. The molecule has 110 valence electrons. The molecule has 0 saturated heterocycles. The fourth-order valence-electron chi connectivity index (χ4n) is 2.48. The first-order valence-corrected chi connectivity index (χ1v) is 8.30. The lowest BCUT2D eigenvalue weighted by Crippen LogP contribution is -2.26. The van der Waals surface area contributed by atoms with Gasteiger partial charge in [0.1, 0.15) is 0 Å². The summed E-state index contributed by atoms with van der Waals surface area (Å²) >= 11 is 0. The number of benzene rings is 2. The minimum atomic E-state index is -3.52. The van der Waals surface area contributed by atoms with Crippen LogP contribution >= 0.6 is 0 Å². The third kappa shape index (κ3) is 2.54. The second-order valence-electron chi connectivity index (χ2n) is 5.34. The van der Waals surface area contributed by atoms with Crippen LogP contribution in [0.1, 0.15) is 16.7 Å². The summed E-state index contributed by atoms with van der Waals surface area (Å²) in [6, 6.07) is 12.8. The molecule has 1 aliphatic heterocycles. The summed E-state index contributed by atoms with van der Waals surface area (Å²) in [6.45, 7) is 3.52. The van der Waals surface area contributed by atoms with Crippen LogP contribution in [0.15, 0.2) is 47.4 Å². The van der Waals surface area contributed by atoms with Crippen LogP contribution in [0.4, 0.5) is 5.69 Å². The average Bonchev–Trinajstić information content (AvgIpc) is 2.94. The van der Waals surface area contributed by atoms with Gasteiger partial charge in [-0.1, -0.05) is 23.8 Å². The van der Waals surface area contributed by atoms with E-state index in [-0.39, 0.29) is 0 Å². The normalized spacial score (nSPS) is 14.0. The Bertz CT molecular complexity index is 767. The number of nitrogens with one attached hydrogen (secondary N) is 1. The molecule has 3 rings (SSSR count). The van der Waals surface area contributed by atoms with Gasteiger partial charge in [0, 0.05) is 20.1 Å². The lowest BCUT2D eigenvalue weighted by molar-refractivity contribution is 0.594. The van der Waals surface area contributed by atoms with E-state index in [2.05, 4.69) is 5.32 Å². The summed E-state index contributed by atoms with van der Waals surface area (Å²) in [6.07, 6.45) is 0. The quantitative estimate of drug-likeness (QED) is 0.947. The van der Waals surface area contributed by atoms with Crippen LogP contribution in [0.2, 0.25) is 0 Å². The van der Waals surface area contributed by atoms with Gasteiger partial charge in [-0.15, -0.1) is 0 Å². The zero-order chi connectivity index (χ0) is 15.0. The molecule has 0 saturated carbocycles. The molecule has 0 unspecified atom stereocenters. The third-order valence-corrected chi connectivity index (χ3v) is 5.65. The van der Waals surface area contributed by atoms with Gasteiger partial charge in [0.25, 0.3) is 10.0 Å². The topological polar surface area (TPSA) is 49.4 Å². The zero-order valence-corrected chi connectivity index (χ0v) is 12.9. The van der Waals surface area contributed by atoms with Crippen LogP contribution < -0.4 is 9.62 Å². The van der Waals surface area contributed by atoms with Crippen molar-refractivity contribution in [3.63, 3.8) is 0 Å². The van der Waals surface area contributed by atoms with E-state index in [0.29, 0.717) is 10.6 Å². The second-order valence-corrected chi connectivity index (χ2v) is 7.31. The van der Waals surface area contributed by atoms with Crippen molar-refractivity contribution < 1.29 is 8.42 Å². The van der Waals surface area contributed by atoms with Crippen molar-refractivity contribution in [3.8, 4) is 0 Å². The molecule has 4 nitrogen and oxygen atoms in total. The SMILES string of the molecule is Cc1ccc(N(C)S(=O)(=O)c2ccc3c(c2)CNC3)cc1. The van der Waals surface area contributed by atoms with Crippen molar-refractivity contribution >= 4 is 15.7 Å². The van der Waals surface area contributed by atoms with Crippen molar-refractivity contribution in [1.82, 2.24) is 5.32 Å². The number of anilines is 1.